The van der Waals surface area contributed by atoms with Crippen LogP contribution >= 0.6 is 0 Å². The lowest BCUT2D eigenvalue weighted by Crippen LogP contribution is -2.45. The quantitative estimate of drug-likeness (QED) is 0.542. The van der Waals surface area contributed by atoms with Crippen LogP contribution < -0.4 is 9.47 Å². The van der Waals surface area contributed by atoms with E-state index in [9.17, 15) is 9.90 Å². The van der Waals surface area contributed by atoms with Gasteiger partial charge in [-0.3, -0.25) is 9.69 Å². The van der Waals surface area contributed by atoms with Gasteiger partial charge in [-0.1, -0.05) is 24.3 Å². The van der Waals surface area contributed by atoms with Crippen molar-refractivity contribution in [3.63, 3.8) is 0 Å². The SMILES string of the molecule is COCCN1CCC(Oc2ccc3c(c2)O[C@H](C)CN(C[C@H](O)CN2CCc4ccccc4C2)C3=O)CC1. The zero-order valence-electron chi connectivity index (χ0n) is 22.7. The number of nitrogens with zero attached hydrogens (tertiary/aromatic N) is 3. The highest BCUT2D eigenvalue weighted by Gasteiger charge is 2.30. The summed E-state index contributed by atoms with van der Waals surface area (Å²) in [6.45, 7) is 8.65. The van der Waals surface area contributed by atoms with Crippen LogP contribution in [0, 0.1) is 0 Å². The molecule has 3 heterocycles. The fourth-order valence-electron chi connectivity index (χ4n) is 5.81. The first-order chi connectivity index (χ1) is 18.5. The molecular weight excluding hydrogens is 482 g/mol. The van der Waals surface area contributed by atoms with Crippen molar-refractivity contribution in [2.75, 3.05) is 59.5 Å². The first kappa shape index (κ1) is 26.9. The summed E-state index contributed by atoms with van der Waals surface area (Å²) in [6, 6.07) is 14.0. The van der Waals surface area contributed by atoms with Crippen LogP contribution in [0.4, 0.5) is 0 Å². The highest BCUT2D eigenvalue weighted by atomic mass is 16.5. The minimum atomic E-state index is -0.629. The van der Waals surface area contributed by atoms with Crippen molar-refractivity contribution in [3.05, 3.63) is 59.2 Å². The smallest absolute Gasteiger partial charge is 0.257 e. The van der Waals surface area contributed by atoms with E-state index in [1.807, 2.05) is 19.1 Å². The fourth-order valence-corrected chi connectivity index (χ4v) is 5.81. The summed E-state index contributed by atoms with van der Waals surface area (Å²) in [4.78, 5) is 19.9. The van der Waals surface area contributed by atoms with Gasteiger partial charge in [0, 0.05) is 59.0 Å². The van der Waals surface area contributed by atoms with Crippen LogP contribution in [0.1, 0.15) is 41.3 Å². The number of carbonyl (C=O) groups is 1. The predicted octanol–water partition coefficient (Wildman–Crippen LogP) is 2.82. The lowest BCUT2D eigenvalue weighted by atomic mass is 10.00. The van der Waals surface area contributed by atoms with Crippen LogP contribution in [0.5, 0.6) is 11.5 Å². The molecule has 5 rings (SSSR count). The molecule has 3 aliphatic rings. The molecule has 206 valence electrons. The molecule has 1 N–H and O–H groups in total. The summed E-state index contributed by atoms with van der Waals surface area (Å²) in [6.07, 6.45) is 2.25. The van der Waals surface area contributed by atoms with E-state index < -0.39 is 6.10 Å². The van der Waals surface area contributed by atoms with E-state index in [0.717, 1.165) is 64.3 Å². The molecule has 1 saturated heterocycles. The Morgan fingerprint density at radius 3 is 2.63 bits per heavy atom. The summed E-state index contributed by atoms with van der Waals surface area (Å²) < 4.78 is 17.6. The van der Waals surface area contributed by atoms with Gasteiger partial charge >= 0.3 is 0 Å². The van der Waals surface area contributed by atoms with Crippen LogP contribution in [-0.4, -0.2) is 104 Å². The van der Waals surface area contributed by atoms with Crippen molar-refractivity contribution in [2.45, 2.75) is 51.0 Å². The van der Waals surface area contributed by atoms with E-state index in [1.165, 1.54) is 11.1 Å². The number of fused-ring (bicyclic) bond motifs is 2. The maximum absolute atomic E-state index is 13.5. The lowest BCUT2D eigenvalue weighted by Gasteiger charge is -2.32. The third-order valence-corrected chi connectivity index (χ3v) is 7.84. The number of methoxy groups -OCH3 is 1. The first-order valence-electron chi connectivity index (χ1n) is 13.9. The lowest BCUT2D eigenvalue weighted by molar-refractivity contribution is 0.0454. The van der Waals surface area contributed by atoms with Crippen LogP contribution in [0.2, 0.25) is 0 Å². The Morgan fingerprint density at radius 1 is 1.05 bits per heavy atom. The number of carbonyl (C=O) groups excluding carboxylic acids is 1. The molecule has 8 nitrogen and oxygen atoms in total. The number of benzene rings is 2. The summed E-state index contributed by atoms with van der Waals surface area (Å²) >= 11 is 0. The van der Waals surface area contributed by atoms with E-state index in [2.05, 4.69) is 34.1 Å². The first-order valence-corrected chi connectivity index (χ1v) is 13.9. The second-order valence-electron chi connectivity index (χ2n) is 10.9. The van der Waals surface area contributed by atoms with Crippen molar-refractivity contribution < 1.29 is 24.1 Å². The van der Waals surface area contributed by atoms with Gasteiger partial charge in [-0.2, -0.15) is 0 Å². The van der Waals surface area contributed by atoms with Crippen molar-refractivity contribution in [1.82, 2.24) is 14.7 Å². The number of hydrogen-bond donors (Lipinski definition) is 1. The molecular formula is C30H41N3O5. The van der Waals surface area contributed by atoms with Gasteiger partial charge in [0.1, 0.15) is 23.7 Å². The minimum absolute atomic E-state index is 0.106. The minimum Gasteiger partial charge on any atom is -0.490 e. The van der Waals surface area contributed by atoms with Gasteiger partial charge in [-0.25, -0.2) is 0 Å². The number of rotatable bonds is 9. The molecule has 2 aromatic rings. The van der Waals surface area contributed by atoms with E-state index in [4.69, 9.17) is 14.2 Å². The van der Waals surface area contributed by atoms with Gasteiger partial charge in [0.05, 0.1) is 24.8 Å². The van der Waals surface area contributed by atoms with Gasteiger partial charge in [-0.15, -0.1) is 0 Å². The van der Waals surface area contributed by atoms with Crippen molar-refractivity contribution in [3.8, 4) is 11.5 Å². The molecule has 1 amide bonds. The van der Waals surface area contributed by atoms with Crippen molar-refractivity contribution in [2.24, 2.45) is 0 Å². The Kier molecular flexibility index (Phi) is 8.84. The number of amides is 1. The van der Waals surface area contributed by atoms with Crippen LogP contribution in [0.3, 0.4) is 0 Å². The molecule has 2 atom stereocenters. The summed E-state index contributed by atoms with van der Waals surface area (Å²) in [7, 11) is 1.73. The Bertz CT molecular complexity index is 1090. The fraction of sp³-hybridized carbons (Fsp3) is 0.567. The van der Waals surface area contributed by atoms with Crippen LogP contribution in [0.15, 0.2) is 42.5 Å². The molecule has 0 aromatic heterocycles. The number of β-amino-alcohol motifs (C(OH)–C–C–N with tert-alkyl or cyclic N) is 1. The standard InChI is InChI=1S/C30H41N3O5/c1-22-18-33(21-25(34)20-32-12-9-23-5-3-4-6-24(23)19-32)30(35)28-8-7-27(17-29(28)37-22)38-26-10-13-31(14-11-26)15-16-36-2/h3-8,17,22,25-26,34H,9-16,18-21H2,1-2H3/t22-,25-/m1/s1. The molecule has 0 radical (unpaired) electrons. The molecule has 2 aromatic carbocycles. The second kappa shape index (κ2) is 12.5. The molecule has 0 aliphatic carbocycles. The molecule has 0 unspecified atom stereocenters. The topological polar surface area (TPSA) is 74.7 Å². The highest BCUT2D eigenvalue weighted by molar-refractivity contribution is 5.97. The van der Waals surface area contributed by atoms with Crippen molar-refractivity contribution >= 4 is 5.91 Å². The summed E-state index contributed by atoms with van der Waals surface area (Å²) in [5.41, 5.74) is 3.23. The highest BCUT2D eigenvalue weighted by Crippen LogP contribution is 2.31. The summed E-state index contributed by atoms with van der Waals surface area (Å²) in [5.74, 6) is 1.19. The number of hydrogen-bond acceptors (Lipinski definition) is 7. The number of ether oxygens (including phenoxy) is 3. The van der Waals surface area contributed by atoms with Gasteiger partial charge < -0.3 is 29.1 Å². The molecule has 3 aliphatic heterocycles. The molecule has 0 saturated carbocycles. The number of aliphatic hydroxyl groups is 1. The van der Waals surface area contributed by atoms with Crippen LogP contribution in [-0.2, 0) is 17.7 Å². The maximum Gasteiger partial charge on any atom is 0.257 e. The third kappa shape index (κ3) is 6.67. The zero-order valence-corrected chi connectivity index (χ0v) is 22.7. The predicted molar refractivity (Wildman–Crippen MR) is 146 cm³/mol. The van der Waals surface area contributed by atoms with E-state index in [0.29, 0.717) is 24.4 Å². The Hall–Kier alpha value is -2.65. The van der Waals surface area contributed by atoms with Crippen molar-refractivity contribution in [1.29, 1.82) is 0 Å². The van der Waals surface area contributed by atoms with Gasteiger partial charge in [0.15, 0.2) is 0 Å². The third-order valence-electron chi connectivity index (χ3n) is 7.84. The zero-order chi connectivity index (χ0) is 26.5. The Morgan fingerprint density at radius 2 is 1.84 bits per heavy atom. The largest absolute Gasteiger partial charge is 0.490 e. The summed E-state index contributed by atoms with van der Waals surface area (Å²) in [5, 5.41) is 10.9. The molecule has 38 heavy (non-hydrogen) atoms. The molecule has 0 spiro atoms. The maximum atomic E-state index is 13.5. The van der Waals surface area contributed by atoms with Crippen LogP contribution in [0.25, 0.3) is 0 Å². The average molecular weight is 524 g/mol. The number of aliphatic hydroxyl groups excluding tert-OH is 1. The van der Waals surface area contributed by atoms with E-state index >= 15 is 0 Å². The number of likely N-dealkylation sites (tertiary alicyclic amines) is 1. The Labute approximate surface area is 226 Å². The monoisotopic (exact) mass is 523 g/mol. The van der Waals surface area contributed by atoms with E-state index in [1.54, 1.807) is 18.1 Å². The molecule has 8 heteroatoms. The molecule has 0 bridgehead atoms. The normalized spacial score (nSPS) is 21.8. The van der Waals surface area contributed by atoms with Gasteiger partial charge in [0.25, 0.3) is 5.91 Å². The average Bonchev–Trinajstić information content (AvgIpc) is 3.03. The van der Waals surface area contributed by atoms with Gasteiger partial charge in [-0.05, 0) is 49.4 Å². The Balaban J connectivity index is 1.17. The number of piperidine rings is 1. The molecule has 1 fully saturated rings. The van der Waals surface area contributed by atoms with Gasteiger partial charge in [0.2, 0.25) is 0 Å². The van der Waals surface area contributed by atoms with E-state index in [-0.39, 0.29) is 24.7 Å². The second-order valence-corrected chi connectivity index (χ2v) is 10.9.